The van der Waals surface area contributed by atoms with Crippen molar-refractivity contribution in [2.45, 2.75) is 95.2 Å². The summed E-state index contributed by atoms with van der Waals surface area (Å²) in [4.78, 5) is 57.4. The van der Waals surface area contributed by atoms with E-state index in [1.54, 1.807) is 18.3 Å². The van der Waals surface area contributed by atoms with Gasteiger partial charge in [0.05, 0.1) is 30.2 Å². The Kier molecular flexibility index (Phi) is 19.2. The average Bonchev–Trinajstić information content (AvgIpc) is 3.39. The predicted molar refractivity (Wildman–Crippen MR) is 213 cm³/mol. The molecule has 2 N–H and O–H groups in total. The Morgan fingerprint density at radius 3 is 2.45 bits per heavy atom. The van der Waals surface area contributed by atoms with Crippen LogP contribution in [-0.2, 0) is 39.1 Å². The molecule has 0 aliphatic carbocycles. The van der Waals surface area contributed by atoms with Gasteiger partial charge >= 0.3 is 59.1 Å². The molecule has 4 heterocycles. The molecule has 2 aliphatic rings. The van der Waals surface area contributed by atoms with Crippen molar-refractivity contribution < 1.29 is 88.5 Å². The number of aromatic nitrogens is 2. The number of carboxylic acids is 2. The molecule has 15 heteroatoms. The number of fused-ring (bicyclic) bond motifs is 2. The van der Waals surface area contributed by atoms with Crippen LogP contribution < -0.4 is 84.9 Å². The molecule has 1 saturated heterocycles. The van der Waals surface area contributed by atoms with Crippen LogP contribution in [0.25, 0.3) is 22.2 Å². The number of nitrogens with zero attached hydrogens (tertiary/aromatic N) is 4. The van der Waals surface area contributed by atoms with Gasteiger partial charge in [0, 0.05) is 78.2 Å². The zero-order valence-electron chi connectivity index (χ0n) is 34.0. The summed E-state index contributed by atoms with van der Waals surface area (Å²) in [5, 5.41) is 31.9. The molecule has 1 fully saturated rings. The van der Waals surface area contributed by atoms with Gasteiger partial charge in [0.1, 0.15) is 0 Å². The molecule has 298 valence electrons. The number of amides is 2. The zero-order valence-corrected chi connectivity index (χ0v) is 38.8. The summed E-state index contributed by atoms with van der Waals surface area (Å²) in [7, 11) is 2.08. The van der Waals surface area contributed by atoms with Crippen molar-refractivity contribution in [3.05, 3.63) is 83.1 Å². The number of para-hydroxylation sites is 1. The fourth-order valence-corrected chi connectivity index (χ4v) is 8.49. The van der Waals surface area contributed by atoms with E-state index in [1.807, 2.05) is 41.4 Å². The van der Waals surface area contributed by atoms with E-state index in [2.05, 4.69) is 39.4 Å². The molecule has 58 heavy (non-hydrogen) atoms. The van der Waals surface area contributed by atoms with Crippen molar-refractivity contribution in [1.29, 1.82) is 0 Å². The normalized spacial score (nSPS) is 16.2. The Morgan fingerprint density at radius 1 is 0.948 bits per heavy atom. The number of pyridine rings is 1. The molecule has 2 amide bonds. The minimum absolute atomic E-state index is 0. The van der Waals surface area contributed by atoms with Crippen molar-refractivity contribution in [2.24, 2.45) is 7.05 Å². The first-order valence-corrected chi connectivity index (χ1v) is 20.2. The van der Waals surface area contributed by atoms with E-state index >= 15 is 0 Å². The van der Waals surface area contributed by atoms with Gasteiger partial charge in [-0.25, -0.2) is 0 Å². The van der Waals surface area contributed by atoms with Crippen LogP contribution in [0.3, 0.4) is 0 Å². The number of rotatable bonds is 18. The number of carboxylic acid groups (broad SMARTS) is 2. The summed E-state index contributed by atoms with van der Waals surface area (Å²) in [6.45, 7) is 1.53. The van der Waals surface area contributed by atoms with Gasteiger partial charge in [-0.05, 0) is 112 Å². The molecule has 0 bridgehead atoms. The Hall–Kier alpha value is -2.78. The van der Waals surface area contributed by atoms with E-state index in [0.717, 1.165) is 77.6 Å². The summed E-state index contributed by atoms with van der Waals surface area (Å²) in [6, 6.07) is 15.5. The molecule has 2 atom stereocenters. The van der Waals surface area contributed by atoms with Crippen LogP contribution in [0.1, 0.15) is 75.3 Å². The topological polar surface area (TPSA) is 163 Å². The number of benzene rings is 2. The Bertz CT molecular complexity index is 2010. The molecule has 2 aromatic carbocycles. The van der Waals surface area contributed by atoms with Gasteiger partial charge in [0.15, 0.2) is 0 Å². The minimum atomic E-state index is -1.39. The zero-order chi connectivity index (χ0) is 39.6. The maximum atomic E-state index is 13.4. The molecular formula is C43H51ClN6Na2O6. The first-order chi connectivity index (χ1) is 27.1. The van der Waals surface area contributed by atoms with E-state index in [1.165, 1.54) is 5.56 Å². The second kappa shape index (κ2) is 23.3. The molecule has 2 aromatic heterocycles. The Labute approximate surface area is 390 Å². The van der Waals surface area contributed by atoms with Crippen molar-refractivity contribution in [3.63, 3.8) is 0 Å². The molecule has 1 unspecified atom stereocenters. The first-order valence-electron chi connectivity index (χ1n) is 19.8. The first kappa shape index (κ1) is 47.9. The maximum absolute atomic E-state index is 13.4. The number of piperidine rings is 1. The standard InChI is InChI=1S/C43H53ClN6O6.2Na/c1-48-38-19-17-31(44)26-34(38)33(41(48)30-11-9-22-45-27-30)12-3-2-4-15-39(51)49-24-20-32(21-25-49)46-23-8-7-13-36(43(55)56)47-35-18-16-29-10-5-6-14-37(29)50(42(35)54)28-40(52)53;;/h5-6,9-11,14,17,19,22,26-27,32,35-36,46-47H,2-4,7-8,12-13,15-16,18,20-21,23-25,28H2,1H3,(H,52,53)(H,55,56);;/q;2*+1/p-2/t35?,36-;;/m0../s1. The van der Waals surface area contributed by atoms with Gasteiger partial charge in [-0.1, -0.05) is 42.6 Å². The van der Waals surface area contributed by atoms with E-state index in [4.69, 9.17) is 11.6 Å². The van der Waals surface area contributed by atoms with Gasteiger partial charge in [-0.2, -0.15) is 0 Å². The third kappa shape index (κ3) is 12.4. The predicted octanol–water partition coefficient (Wildman–Crippen LogP) is -2.44. The van der Waals surface area contributed by atoms with E-state index < -0.39 is 36.5 Å². The number of aliphatic carboxylic acids is 2. The van der Waals surface area contributed by atoms with Crippen LogP contribution in [0.15, 0.2) is 67.0 Å². The number of aryl methyl sites for hydroxylation is 3. The van der Waals surface area contributed by atoms with Crippen LogP contribution in [0, 0.1) is 0 Å². The summed E-state index contributed by atoms with van der Waals surface area (Å²) in [5.41, 5.74) is 5.95. The number of carbonyl (C=O) groups excluding carboxylic acids is 4. The number of likely N-dealkylation sites (tertiary alicyclic amines) is 1. The molecule has 0 radical (unpaired) electrons. The fourth-order valence-electron chi connectivity index (χ4n) is 8.32. The van der Waals surface area contributed by atoms with Crippen LogP contribution in [0.5, 0.6) is 0 Å². The third-order valence-electron chi connectivity index (χ3n) is 11.2. The Balaban J connectivity index is 0.00000372. The van der Waals surface area contributed by atoms with E-state index in [0.29, 0.717) is 56.0 Å². The van der Waals surface area contributed by atoms with E-state index in [-0.39, 0.29) is 77.5 Å². The van der Waals surface area contributed by atoms with Crippen LogP contribution in [-0.4, -0.2) is 82.5 Å². The summed E-state index contributed by atoms with van der Waals surface area (Å²) < 4.78 is 2.22. The van der Waals surface area contributed by atoms with Crippen molar-refractivity contribution >= 4 is 51.9 Å². The largest absolute Gasteiger partial charge is 1.00 e. The van der Waals surface area contributed by atoms with Gasteiger partial charge in [0.25, 0.3) is 0 Å². The molecule has 4 aromatic rings. The number of hydrogen-bond donors (Lipinski definition) is 2. The quantitative estimate of drug-likeness (QED) is 0.0821. The number of anilines is 1. The van der Waals surface area contributed by atoms with E-state index in [9.17, 15) is 29.4 Å². The molecular weight excluding hydrogens is 778 g/mol. The van der Waals surface area contributed by atoms with Crippen LogP contribution in [0.2, 0.25) is 5.02 Å². The Morgan fingerprint density at radius 2 is 1.72 bits per heavy atom. The van der Waals surface area contributed by atoms with Crippen molar-refractivity contribution in [2.75, 3.05) is 31.1 Å². The minimum Gasteiger partial charge on any atom is -0.548 e. The smallest absolute Gasteiger partial charge is 0.548 e. The van der Waals surface area contributed by atoms with Crippen LogP contribution in [0.4, 0.5) is 5.69 Å². The van der Waals surface area contributed by atoms with Gasteiger partial charge in [-0.15, -0.1) is 0 Å². The second-order valence-electron chi connectivity index (χ2n) is 15.0. The number of nitrogens with one attached hydrogen (secondary N) is 2. The molecule has 0 spiro atoms. The summed E-state index contributed by atoms with van der Waals surface area (Å²) in [5.74, 6) is -2.97. The van der Waals surface area contributed by atoms with Gasteiger partial charge in [-0.3, -0.25) is 19.9 Å². The van der Waals surface area contributed by atoms with Crippen LogP contribution >= 0.6 is 11.6 Å². The third-order valence-corrected chi connectivity index (χ3v) is 11.5. The fraction of sp³-hybridized carbons (Fsp3) is 0.465. The molecule has 0 saturated carbocycles. The molecule has 6 rings (SSSR count). The monoisotopic (exact) mass is 828 g/mol. The average molecular weight is 829 g/mol. The van der Waals surface area contributed by atoms with Crippen molar-refractivity contribution in [3.8, 4) is 11.3 Å². The van der Waals surface area contributed by atoms with Gasteiger partial charge < -0.3 is 39.5 Å². The number of unbranched alkanes of at least 4 members (excludes halogenated alkanes) is 3. The summed E-state index contributed by atoms with van der Waals surface area (Å²) >= 11 is 6.40. The molecule has 2 aliphatic heterocycles. The van der Waals surface area contributed by atoms with Crippen molar-refractivity contribution in [1.82, 2.24) is 25.1 Å². The SMILES string of the molecule is Cn1c(-c2cccnc2)c(CCCCCC(=O)N2CCC(NCCCC[C@H](NC3CCc4ccccc4N(CC(=O)[O-])C3=O)C(=O)[O-])CC2)c2cc(Cl)ccc21.[Na+].[Na+]. The number of carbonyl (C=O) groups is 4. The number of halogens is 1. The number of hydrogen-bond acceptors (Lipinski definition) is 9. The summed E-state index contributed by atoms with van der Waals surface area (Å²) in [6.07, 6.45) is 12.0. The second-order valence-corrected chi connectivity index (χ2v) is 15.4. The van der Waals surface area contributed by atoms with Gasteiger partial charge in [0.2, 0.25) is 11.8 Å². The maximum Gasteiger partial charge on any atom is 1.00 e. The molecule has 12 nitrogen and oxygen atoms in total.